The average Bonchev–Trinajstić information content (AvgIpc) is 2.11. The molecule has 0 aliphatic carbocycles. The minimum Gasteiger partial charge on any atom is -0.275 e. The van der Waals surface area contributed by atoms with Crippen LogP contribution in [0.4, 0.5) is 22.0 Å². The second-order valence-corrected chi connectivity index (χ2v) is 2.56. The van der Waals surface area contributed by atoms with Crippen molar-refractivity contribution in [2.45, 2.75) is 0 Å². The molecular weight excluding hydrogens is 266 g/mol. The summed E-state index contributed by atoms with van der Waals surface area (Å²) >= 11 is 4.64. The monoisotopic (exact) mass is 266 g/mol. The summed E-state index contributed by atoms with van der Waals surface area (Å²) in [4.78, 5) is 10.3. The molecule has 0 N–H and O–H groups in total. The fraction of sp³-hybridized carbons (Fsp3) is 0. The SMILES string of the molecule is Cl.O=C(Cl)c1c(F)c(F)c(F)c(F)c1F. The second kappa shape index (κ2) is 4.76. The molecule has 0 bridgehead atoms. The summed E-state index contributed by atoms with van der Waals surface area (Å²) < 4.78 is 62.4. The topological polar surface area (TPSA) is 17.1 Å². The first-order chi connectivity index (χ1) is 6.37. The molecule has 0 atom stereocenters. The van der Waals surface area contributed by atoms with Gasteiger partial charge in [-0.25, -0.2) is 22.0 Å². The smallest absolute Gasteiger partial charge is 0.258 e. The molecule has 0 heterocycles. The molecule has 0 radical (unpaired) electrons. The normalized spacial score (nSPS) is 9.73. The molecule has 8 heteroatoms. The van der Waals surface area contributed by atoms with E-state index in [9.17, 15) is 26.7 Å². The predicted molar refractivity (Wildman–Crippen MR) is 43.7 cm³/mol. The highest BCUT2D eigenvalue weighted by Crippen LogP contribution is 2.23. The van der Waals surface area contributed by atoms with Crippen LogP contribution in [-0.2, 0) is 0 Å². The first-order valence-corrected chi connectivity index (χ1v) is 3.47. The highest BCUT2D eigenvalue weighted by molar-refractivity contribution is 6.67. The van der Waals surface area contributed by atoms with E-state index in [1.165, 1.54) is 0 Å². The van der Waals surface area contributed by atoms with E-state index < -0.39 is 39.9 Å². The van der Waals surface area contributed by atoms with Gasteiger partial charge < -0.3 is 0 Å². The fourth-order valence-electron chi connectivity index (χ4n) is 0.777. The molecular formula is C7HCl2F5O. The van der Waals surface area contributed by atoms with Crippen LogP contribution in [0.1, 0.15) is 10.4 Å². The van der Waals surface area contributed by atoms with Crippen molar-refractivity contribution < 1.29 is 26.7 Å². The lowest BCUT2D eigenvalue weighted by Gasteiger charge is -2.03. The number of hydrogen-bond donors (Lipinski definition) is 0. The summed E-state index contributed by atoms with van der Waals surface area (Å²) in [5, 5.41) is -1.75. The first-order valence-electron chi connectivity index (χ1n) is 3.09. The molecule has 0 spiro atoms. The minimum absolute atomic E-state index is 0. The third-order valence-corrected chi connectivity index (χ3v) is 1.60. The molecule has 0 fully saturated rings. The summed E-state index contributed by atoms with van der Waals surface area (Å²) in [7, 11) is 0. The van der Waals surface area contributed by atoms with Crippen LogP contribution in [0.25, 0.3) is 0 Å². The standard InChI is InChI=1S/C7ClF5O.ClH/c8-7(14)1-2(9)4(11)6(13)5(12)3(1)10;/h;1H. The molecule has 1 nitrogen and oxygen atoms in total. The molecule has 0 amide bonds. The molecule has 1 rings (SSSR count). The van der Waals surface area contributed by atoms with Crippen LogP contribution in [0.2, 0.25) is 0 Å². The Kier molecular flexibility index (Phi) is 4.48. The van der Waals surface area contributed by atoms with Gasteiger partial charge in [-0.2, -0.15) is 0 Å². The average molecular weight is 267 g/mol. The Morgan fingerprint density at radius 1 is 0.800 bits per heavy atom. The Morgan fingerprint density at radius 2 is 1.07 bits per heavy atom. The number of hydrogen-bond acceptors (Lipinski definition) is 1. The van der Waals surface area contributed by atoms with Gasteiger partial charge in [0.05, 0.1) is 0 Å². The van der Waals surface area contributed by atoms with Crippen LogP contribution in [0.3, 0.4) is 0 Å². The van der Waals surface area contributed by atoms with Crippen LogP contribution in [-0.4, -0.2) is 5.24 Å². The Bertz CT molecular complexity index is 391. The van der Waals surface area contributed by atoms with Crippen molar-refractivity contribution >= 4 is 29.3 Å². The zero-order valence-corrected chi connectivity index (χ0v) is 8.16. The van der Waals surface area contributed by atoms with Gasteiger partial charge in [-0.05, 0) is 11.6 Å². The Morgan fingerprint density at radius 3 is 1.33 bits per heavy atom. The number of halogens is 7. The van der Waals surface area contributed by atoms with E-state index in [0.29, 0.717) is 0 Å². The van der Waals surface area contributed by atoms with Gasteiger partial charge >= 0.3 is 0 Å². The molecule has 84 valence electrons. The van der Waals surface area contributed by atoms with E-state index in [-0.39, 0.29) is 12.4 Å². The molecule has 1 aromatic rings. The fourth-order valence-corrected chi connectivity index (χ4v) is 0.943. The molecule has 0 aliphatic heterocycles. The lowest BCUT2D eigenvalue weighted by atomic mass is 10.2. The zero-order valence-electron chi connectivity index (χ0n) is 6.58. The van der Waals surface area contributed by atoms with Crippen molar-refractivity contribution in [2.24, 2.45) is 0 Å². The Balaban J connectivity index is 0.00000196. The highest BCUT2D eigenvalue weighted by atomic mass is 35.5. The third-order valence-electron chi connectivity index (χ3n) is 1.41. The number of rotatable bonds is 1. The van der Waals surface area contributed by atoms with E-state index >= 15 is 0 Å². The maximum absolute atomic E-state index is 12.6. The zero-order chi connectivity index (χ0) is 11.0. The van der Waals surface area contributed by atoms with Gasteiger partial charge in [-0.1, -0.05) is 0 Å². The Hall–Kier alpha value is -0.880. The molecule has 0 unspecified atom stereocenters. The summed E-state index contributed by atoms with van der Waals surface area (Å²) in [5.74, 6) is -11.2. The molecule has 0 aliphatic rings. The number of carbonyl (C=O) groups is 1. The van der Waals surface area contributed by atoms with Crippen LogP contribution >= 0.6 is 24.0 Å². The van der Waals surface area contributed by atoms with E-state index in [2.05, 4.69) is 11.6 Å². The van der Waals surface area contributed by atoms with Crippen LogP contribution in [0, 0.1) is 29.1 Å². The van der Waals surface area contributed by atoms with Crippen molar-refractivity contribution in [3.63, 3.8) is 0 Å². The second-order valence-electron chi connectivity index (χ2n) is 2.22. The molecule has 0 saturated carbocycles. The first kappa shape index (κ1) is 14.1. The van der Waals surface area contributed by atoms with Crippen molar-refractivity contribution in [3.05, 3.63) is 34.6 Å². The predicted octanol–water partition coefficient (Wildman–Crippen LogP) is 3.18. The van der Waals surface area contributed by atoms with Gasteiger partial charge in [0.25, 0.3) is 5.24 Å². The lowest BCUT2D eigenvalue weighted by molar-refractivity contribution is 0.107. The highest BCUT2D eigenvalue weighted by Gasteiger charge is 2.28. The number of benzene rings is 1. The Labute approximate surface area is 91.2 Å². The third kappa shape index (κ3) is 2.21. The number of carbonyl (C=O) groups excluding carboxylic acids is 1. The molecule has 0 aromatic heterocycles. The van der Waals surface area contributed by atoms with Crippen molar-refractivity contribution in [1.82, 2.24) is 0 Å². The van der Waals surface area contributed by atoms with Gasteiger partial charge in [0.2, 0.25) is 5.82 Å². The van der Waals surface area contributed by atoms with Gasteiger partial charge in [0.15, 0.2) is 23.3 Å². The van der Waals surface area contributed by atoms with Crippen LogP contribution < -0.4 is 0 Å². The summed E-state index contributed by atoms with van der Waals surface area (Å²) in [6.45, 7) is 0. The van der Waals surface area contributed by atoms with E-state index in [1.807, 2.05) is 0 Å². The van der Waals surface area contributed by atoms with E-state index in [4.69, 9.17) is 0 Å². The van der Waals surface area contributed by atoms with Gasteiger partial charge in [0, 0.05) is 0 Å². The largest absolute Gasteiger partial charge is 0.275 e. The van der Waals surface area contributed by atoms with Crippen molar-refractivity contribution in [1.29, 1.82) is 0 Å². The quantitative estimate of drug-likeness (QED) is 0.330. The van der Waals surface area contributed by atoms with E-state index in [0.717, 1.165) is 0 Å². The minimum atomic E-state index is -2.33. The maximum Gasteiger partial charge on any atom is 0.258 e. The summed E-state index contributed by atoms with van der Waals surface area (Å²) in [5.41, 5.74) is -1.65. The molecule has 0 saturated heterocycles. The van der Waals surface area contributed by atoms with Crippen molar-refractivity contribution in [2.75, 3.05) is 0 Å². The van der Waals surface area contributed by atoms with E-state index in [1.54, 1.807) is 0 Å². The van der Waals surface area contributed by atoms with Crippen LogP contribution in [0.15, 0.2) is 0 Å². The summed E-state index contributed by atoms with van der Waals surface area (Å²) in [6, 6.07) is 0. The van der Waals surface area contributed by atoms with Gasteiger partial charge in [-0.3, -0.25) is 4.79 Å². The maximum atomic E-state index is 12.6. The molecule has 1 aromatic carbocycles. The van der Waals surface area contributed by atoms with Gasteiger partial charge in [0.1, 0.15) is 5.56 Å². The van der Waals surface area contributed by atoms with Crippen LogP contribution in [0.5, 0.6) is 0 Å². The van der Waals surface area contributed by atoms with Gasteiger partial charge in [-0.15, -0.1) is 12.4 Å². The lowest BCUT2D eigenvalue weighted by Crippen LogP contribution is -2.09. The summed E-state index contributed by atoms with van der Waals surface area (Å²) in [6.07, 6.45) is 0. The molecule has 15 heavy (non-hydrogen) atoms. The van der Waals surface area contributed by atoms with Crippen molar-refractivity contribution in [3.8, 4) is 0 Å².